The van der Waals surface area contributed by atoms with Gasteiger partial charge in [0.15, 0.2) is 0 Å². The first-order valence-electron chi connectivity index (χ1n) is 4.57. The van der Waals surface area contributed by atoms with Crippen molar-refractivity contribution in [3.63, 3.8) is 0 Å². The molecule has 0 bridgehead atoms. The van der Waals surface area contributed by atoms with Crippen molar-refractivity contribution in [2.75, 3.05) is 26.3 Å². The van der Waals surface area contributed by atoms with E-state index in [1.807, 2.05) is 4.90 Å². The highest BCUT2D eigenvalue weighted by molar-refractivity contribution is 5.91. The van der Waals surface area contributed by atoms with Crippen molar-refractivity contribution < 1.29 is 14.6 Å². The lowest BCUT2D eigenvalue weighted by molar-refractivity contribution is -0.132. The highest BCUT2D eigenvalue weighted by Gasteiger charge is 2.05. The summed E-state index contributed by atoms with van der Waals surface area (Å²) in [7, 11) is 0. The molecule has 80 valence electrons. The van der Waals surface area contributed by atoms with Gasteiger partial charge in [-0.05, 0) is 18.4 Å². The molecular formula is C10H12N2O3. The SMILES string of the molecule is N#C/C(=C/C=C/N1CCOCC1)C(=O)O. The number of ether oxygens (including phenoxy) is 1. The van der Waals surface area contributed by atoms with Gasteiger partial charge in [0.05, 0.1) is 13.2 Å². The van der Waals surface area contributed by atoms with Crippen molar-refractivity contribution in [3.8, 4) is 6.07 Å². The summed E-state index contributed by atoms with van der Waals surface area (Å²) in [5, 5.41) is 17.0. The molecule has 1 heterocycles. The first kappa shape index (κ1) is 11.3. The van der Waals surface area contributed by atoms with E-state index < -0.39 is 5.97 Å². The molecule has 0 aliphatic carbocycles. The standard InChI is InChI=1S/C10H12N2O3/c11-8-9(10(13)14)2-1-3-12-4-6-15-7-5-12/h1-3H,4-7H2,(H,13,14)/b3-1+,9-2-. The highest BCUT2D eigenvalue weighted by Crippen LogP contribution is 1.99. The van der Waals surface area contributed by atoms with Crippen LogP contribution in [0.3, 0.4) is 0 Å². The smallest absolute Gasteiger partial charge is 0.346 e. The number of allylic oxidation sites excluding steroid dienone is 2. The van der Waals surface area contributed by atoms with Gasteiger partial charge in [-0.3, -0.25) is 0 Å². The van der Waals surface area contributed by atoms with Gasteiger partial charge in [-0.1, -0.05) is 0 Å². The number of morpholine rings is 1. The van der Waals surface area contributed by atoms with Crippen LogP contribution in [-0.4, -0.2) is 42.3 Å². The predicted octanol–water partition coefficient (Wildman–Crippen LogP) is 0.367. The van der Waals surface area contributed by atoms with Crippen molar-refractivity contribution in [1.82, 2.24) is 4.90 Å². The molecule has 0 unspecified atom stereocenters. The van der Waals surface area contributed by atoms with Gasteiger partial charge in [0, 0.05) is 13.1 Å². The molecule has 1 N–H and O–H groups in total. The van der Waals surface area contributed by atoms with Crippen molar-refractivity contribution in [2.24, 2.45) is 0 Å². The number of nitriles is 1. The van der Waals surface area contributed by atoms with E-state index in [9.17, 15) is 4.79 Å². The number of hydrogen-bond donors (Lipinski definition) is 1. The average Bonchev–Trinajstić information content (AvgIpc) is 2.25. The second-order valence-corrected chi connectivity index (χ2v) is 2.99. The molecule has 1 aliphatic rings. The zero-order valence-corrected chi connectivity index (χ0v) is 8.22. The van der Waals surface area contributed by atoms with Crippen LogP contribution in [0.1, 0.15) is 0 Å². The predicted molar refractivity (Wildman–Crippen MR) is 52.9 cm³/mol. The second kappa shape index (κ2) is 5.83. The molecule has 1 rings (SSSR count). The molecule has 0 aromatic rings. The van der Waals surface area contributed by atoms with Crippen LogP contribution < -0.4 is 0 Å². The molecule has 1 saturated heterocycles. The number of hydrogen-bond acceptors (Lipinski definition) is 4. The van der Waals surface area contributed by atoms with E-state index >= 15 is 0 Å². The van der Waals surface area contributed by atoms with Crippen molar-refractivity contribution in [3.05, 3.63) is 23.9 Å². The van der Waals surface area contributed by atoms with E-state index in [0.29, 0.717) is 13.2 Å². The van der Waals surface area contributed by atoms with E-state index in [4.69, 9.17) is 15.1 Å². The molecule has 5 nitrogen and oxygen atoms in total. The number of carboxylic acids is 1. The molecule has 0 spiro atoms. The number of nitrogens with zero attached hydrogens (tertiary/aromatic N) is 2. The van der Waals surface area contributed by atoms with Crippen LogP contribution in [0.15, 0.2) is 23.9 Å². The quantitative estimate of drug-likeness (QED) is 0.412. The van der Waals surface area contributed by atoms with Gasteiger partial charge in [0.2, 0.25) is 0 Å². The van der Waals surface area contributed by atoms with Gasteiger partial charge in [-0.2, -0.15) is 5.26 Å². The lowest BCUT2D eigenvalue weighted by atomic mass is 10.3. The van der Waals surface area contributed by atoms with Gasteiger partial charge in [0.25, 0.3) is 0 Å². The first-order valence-corrected chi connectivity index (χ1v) is 4.57. The maximum Gasteiger partial charge on any atom is 0.346 e. The Bertz CT molecular complexity index is 322. The Kier molecular flexibility index (Phi) is 4.38. The van der Waals surface area contributed by atoms with Gasteiger partial charge in [-0.25, -0.2) is 4.79 Å². The molecule has 1 aliphatic heterocycles. The summed E-state index contributed by atoms with van der Waals surface area (Å²) in [5.41, 5.74) is -0.264. The lowest BCUT2D eigenvalue weighted by Gasteiger charge is -2.24. The minimum absolute atomic E-state index is 0.264. The minimum Gasteiger partial charge on any atom is -0.477 e. The summed E-state index contributed by atoms with van der Waals surface area (Å²) in [6, 6.07) is 1.61. The van der Waals surface area contributed by atoms with Crippen LogP contribution in [0.25, 0.3) is 0 Å². The number of rotatable bonds is 3. The fourth-order valence-corrected chi connectivity index (χ4v) is 1.14. The number of carbonyl (C=O) groups is 1. The second-order valence-electron chi connectivity index (χ2n) is 2.99. The Morgan fingerprint density at radius 3 is 2.67 bits per heavy atom. The highest BCUT2D eigenvalue weighted by atomic mass is 16.5. The first-order chi connectivity index (χ1) is 7.24. The average molecular weight is 208 g/mol. The van der Waals surface area contributed by atoms with Gasteiger partial charge in [-0.15, -0.1) is 0 Å². The third-order valence-corrected chi connectivity index (χ3v) is 1.96. The fourth-order valence-electron chi connectivity index (χ4n) is 1.14. The van der Waals surface area contributed by atoms with E-state index in [2.05, 4.69) is 0 Å². The van der Waals surface area contributed by atoms with Crippen LogP contribution in [0.4, 0.5) is 0 Å². The van der Waals surface area contributed by atoms with Crippen LogP contribution in [0.5, 0.6) is 0 Å². The third kappa shape index (κ3) is 3.83. The minimum atomic E-state index is -1.20. The Hall–Kier alpha value is -1.80. The summed E-state index contributed by atoms with van der Waals surface area (Å²) in [6.07, 6.45) is 4.62. The molecule has 15 heavy (non-hydrogen) atoms. The Morgan fingerprint density at radius 2 is 2.13 bits per heavy atom. The van der Waals surface area contributed by atoms with Gasteiger partial charge < -0.3 is 14.7 Å². The summed E-state index contributed by atoms with van der Waals surface area (Å²) in [5.74, 6) is -1.20. The van der Waals surface area contributed by atoms with Crippen molar-refractivity contribution in [2.45, 2.75) is 0 Å². The lowest BCUT2D eigenvalue weighted by Crippen LogP contribution is -2.31. The third-order valence-electron chi connectivity index (χ3n) is 1.96. The summed E-state index contributed by atoms with van der Waals surface area (Å²) in [4.78, 5) is 12.5. The van der Waals surface area contributed by atoms with E-state index in [-0.39, 0.29) is 5.57 Å². The summed E-state index contributed by atoms with van der Waals surface area (Å²) >= 11 is 0. The van der Waals surface area contributed by atoms with Crippen LogP contribution >= 0.6 is 0 Å². The summed E-state index contributed by atoms with van der Waals surface area (Å²) < 4.78 is 5.15. The van der Waals surface area contributed by atoms with Gasteiger partial charge in [0.1, 0.15) is 11.6 Å². The Labute approximate surface area is 87.9 Å². The maximum atomic E-state index is 10.5. The fraction of sp³-hybridized carbons (Fsp3) is 0.400. The van der Waals surface area contributed by atoms with Crippen molar-refractivity contribution in [1.29, 1.82) is 5.26 Å². The van der Waals surface area contributed by atoms with E-state index in [0.717, 1.165) is 13.1 Å². The molecule has 0 saturated carbocycles. The van der Waals surface area contributed by atoms with E-state index in [1.54, 1.807) is 18.3 Å². The normalized spacial score (nSPS) is 17.8. The zero-order chi connectivity index (χ0) is 11.1. The van der Waals surface area contributed by atoms with Gasteiger partial charge >= 0.3 is 5.97 Å². The number of carboxylic acid groups (broad SMARTS) is 1. The Morgan fingerprint density at radius 1 is 1.47 bits per heavy atom. The largest absolute Gasteiger partial charge is 0.477 e. The molecule has 0 radical (unpaired) electrons. The van der Waals surface area contributed by atoms with Crippen LogP contribution in [-0.2, 0) is 9.53 Å². The number of aliphatic carboxylic acids is 1. The molecule has 1 fully saturated rings. The summed E-state index contributed by atoms with van der Waals surface area (Å²) in [6.45, 7) is 2.94. The topological polar surface area (TPSA) is 73.6 Å². The van der Waals surface area contributed by atoms with Crippen LogP contribution in [0, 0.1) is 11.3 Å². The molecule has 0 amide bonds. The molecular weight excluding hydrogens is 196 g/mol. The van der Waals surface area contributed by atoms with Crippen LogP contribution in [0.2, 0.25) is 0 Å². The molecule has 5 heteroatoms. The molecule has 0 atom stereocenters. The zero-order valence-electron chi connectivity index (χ0n) is 8.22. The Balaban J connectivity index is 2.50. The van der Waals surface area contributed by atoms with E-state index in [1.165, 1.54) is 6.08 Å². The van der Waals surface area contributed by atoms with Crippen molar-refractivity contribution >= 4 is 5.97 Å². The monoisotopic (exact) mass is 208 g/mol. The molecule has 0 aromatic carbocycles. The molecule has 0 aromatic heterocycles. The maximum absolute atomic E-state index is 10.5.